The van der Waals surface area contributed by atoms with Crippen LogP contribution in [0, 0.1) is 11.2 Å². The normalized spacial score (nSPS) is 18.7. The first-order valence-electron chi connectivity index (χ1n) is 11.0. The number of halogens is 1. The molecule has 1 aromatic heterocycles. The Morgan fingerprint density at radius 3 is 2.77 bits per heavy atom. The van der Waals surface area contributed by atoms with E-state index in [0.717, 1.165) is 43.6 Å². The van der Waals surface area contributed by atoms with Gasteiger partial charge in [-0.2, -0.15) is 0 Å². The lowest BCUT2D eigenvalue weighted by atomic mass is 9.90. The number of piperidine rings is 1. The molecule has 0 radical (unpaired) electrons. The lowest BCUT2D eigenvalue weighted by molar-refractivity contribution is -0.123. The molecule has 1 N–H and O–H groups in total. The molecule has 2 atom stereocenters. The highest BCUT2D eigenvalue weighted by Gasteiger charge is 2.28. The summed E-state index contributed by atoms with van der Waals surface area (Å²) in [6.45, 7) is 7.94. The number of likely N-dealkylation sites (tertiary alicyclic amines) is 1. The van der Waals surface area contributed by atoms with Crippen molar-refractivity contribution >= 4 is 5.91 Å². The molecule has 162 valence electrons. The van der Waals surface area contributed by atoms with Crippen molar-refractivity contribution in [2.75, 3.05) is 6.54 Å². The predicted octanol–water partition coefficient (Wildman–Crippen LogP) is 5.26. The standard InChI is InChI=1S/C25H34FN3O/c1-25(2,3)17-24(30)28-23(22-12-4-6-13-27-22)16-21-11-5-7-14-29(21)18-19-9-8-10-20(26)15-19/h4,6,8-10,12-13,15,21,23H,5,7,11,14,16-18H2,1-3H3,(H,28,30)/t21-,23-/m0/s1. The number of benzene rings is 1. The van der Waals surface area contributed by atoms with Crippen LogP contribution < -0.4 is 5.32 Å². The number of carbonyl (C=O) groups is 1. The van der Waals surface area contributed by atoms with Crippen molar-refractivity contribution in [2.45, 2.75) is 71.5 Å². The van der Waals surface area contributed by atoms with Gasteiger partial charge in [0.25, 0.3) is 0 Å². The second-order valence-electron chi connectivity index (χ2n) is 9.60. The smallest absolute Gasteiger partial charge is 0.221 e. The number of pyridine rings is 1. The number of carbonyl (C=O) groups excluding carboxylic acids is 1. The zero-order chi connectivity index (χ0) is 21.6. The molecule has 5 heteroatoms. The Bertz CT molecular complexity index is 819. The van der Waals surface area contributed by atoms with Crippen molar-refractivity contribution in [3.05, 3.63) is 65.7 Å². The van der Waals surface area contributed by atoms with E-state index in [0.29, 0.717) is 12.5 Å². The molecule has 0 aliphatic carbocycles. The van der Waals surface area contributed by atoms with Crippen LogP contribution in [0.4, 0.5) is 4.39 Å². The summed E-state index contributed by atoms with van der Waals surface area (Å²) in [7, 11) is 0. The molecule has 2 aromatic rings. The Hall–Kier alpha value is -2.27. The first-order chi connectivity index (χ1) is 14.3. The highest BCUT2D eigenvalue weighted by molar-refractivity contribution is 5.77. The van der Waals surface area contributed by atoms with E-state index in [4.69, 9.17) is 0 Å². The van der Waals surface area contributed by atoms with Gasteiger partial charge in [0.2, 0.25) is 5.91 Å². The summed E-state index contributed by atoms with van der Waals surface area (Å²) in [5, 5.41) is 3.24. The maximum Gasteiger partial charge on any atom is 0.221 e. The van der Waals surface area contributed by atoms with Crippen molar-refractivity contribution in [3.8, 4) is 0 Å². The van der Waals surface area contributed by atoms with E-state index in [1.54, 1.807) is 18.3 Å². The topological polar surface area (TPSA) is 45.2 Å². The lowest BCUT2D eigenvalue weighted by Gasteiger charge is -2.38. The molecule has 1 aromatic carbocycles. The highest BCUT2D eigenvalue weighted by atomic mass is 19.1. The zero-order valence-corrected chi connectivity index (χ0v) is 18.4. The fourth-order valence-electron chi connectivity index (χ4n) is 4.24. The average Bonchev–Trinajstić information content (AvgIpc) is 2.68. The molecular formula is C25H34FN3O. The van der Waals surface area contributed by atoms with Crippen LogP contribution in [-0.2, 0) is 11.3 Å². The molecular weight excluding hydrogens is 377 g/mol. The minimum atomic E-state index is -0.193. The van der Waals surface area contributed by atoms with E-state index in [1.807, 2.05) is 24.3 Å². The quantitative estimate of drug-likeness (QED) is 0.676. The number of hydrogen-bond acceptors (Lipinski definition) is 3. The van der Waals surface area contributed by atoms with Crippen molar-refractivity contribution in [3.63, 3.8) is 0 Å². The Balaban J connectivity index is 1.74. The van der Waals surface area contributed by atoms with Crippen molar-refractivity contribution in [1.82, 2.24) is 15.2 Å². The molecule has 1 aliphatic heterocycles. The maximum absolute atomic E-state index is 13.7. The molecule has 1 saturated heterocycles. The summed E-state index contributed by atoms with van der Waals surface area (Å²) in [4.78, 5) is 19.7. The Kier molecular flexibility index (Phi) is 7.59. The molecule has 1 fully saturated rings. The monoisotopic (exact) mass is 411 g/mol. The van der Waals surface area contributed by atoms with Gasteiger partial charge >= 0.3 is 0 Å². The zero-order valence-electron chi connectivity index (χ0n) is 18.4. The SMILES string of the molecule is CC(C)(C)CC(=O)N[C@@H](C[C@@H]1CCCCN1Cc1cccc(F)c1)c1ccccn1. The van der Waals surface area contributed by atoms with Crippen LogP contribution in [0.2, 0.25) is 0 Å². The summed E-state index contributed by atoms with van der Waals surface area (Å²) >= 11 is 0. The Morgan fingerprint density at radius 2 is 2.07 bits per heavy atom. The summed E-state index contributed by atoms with van der Waals surface area (Å²) in [6.07, 6.45) is 6.47. The molecule has 3 rings (SSSR count). The van der Waals surface area contributed by atoms with Crippen LogP contribution in [0.3, 0.4) is 0 Å². The Morgan fingerprint density at radius 1 is 1.23 bits per heavy atom. The third kappa shape index (κ3) is 6.91. The summed E-state index contributed by atoms with van der Waals surface area (Å²) < 4.78 is 13.7. The summed E-state index contributed by atoms with van der Waals surface area (Å²) in [5.41, 5.74) is 1.83. The third-order valence-corrected chi connectivity index (χ3v) is 5.60. The van der Waals surface area contributed by atoms with Gasteiger partial charge in [0.15, 0.2) is 0 Å². The number of rotatable bonds is 7. The molecule has 1 aliphatic rings. The molecule has 0 bridgehead atoms. The lowest BCUT2D eigenvalue weighted by Crippen LogP contribution is -2.42. The van der Waals surface area contributed by atoms with Gasteiger partial charge in [-0.25, -0.2) is 4.39 Å². The first kappa shape index (κ1) is 22.4. The minimum Gasteiger partial charge on any atom is -0.348 e. The number of amides is 1. The van der Waals surface area contributed by atoms with Crippen LogP contribution in [-0.4, -0.2) is 28.4 Å². The second kappa shape index (κ2) is 10.2. The highest BCUT2D eigenvalue weighted by Crippen LogP contribution is 2.28. The van der Waals surface area contributed by atoms with Crippen LogP contribution in [0.15, 0.2) is 48.7 Å². The van der Waals surface area contributed by atoms with Gasteiger partial charge in [-0.1, -0.05) is 45.4 Å². The average molecular weight is 412 g/mol. The van der Waals surface area contributed by atoms with Crippen LogP contribution in [0.25, 0.3) is 0 Å². The van der Waals surface area contributed by atoms with Crippen LogP contribution in [0.5, 0.6) is 0 Å². The van der Waals surface area contributed by atoms with Crippen molar-refractivity contribution in [1.29, 1.82) is 0 Å². The number of nitrogens with one attached hydrogen (secondary N) is 1. The van der Waals surface area contributed by atoms with Gasteiger partial charge < -0.3 is 5.32 Å². The van der Waals surface area contributed by atoms with Crippen molar-refractivity contribution in [2.24, 2.45) is 5.41 Å². The third-order valence-electron chi connectivity index (χ3n) is 5.60. The van der Waals surface area contributed by atoms with Crippen LogP contribution >= 0.6 is 0 Å². The van der Waals surface area contributed by atoms with E-state index in [2.05, 4.69) is 36.0 Å². The number of nitrogens with zero attached hydrogens (tertiary/aromatic N) is 2. The summed E-state index contributed by atoms with van der Waals surface area (Å²) in [6, 6.07) is 12.9. The van der Waals surface area contributed by atoms with Gasteiger partial charge in [0, 0.05) is 25.2 Å². The number of aromatic nitrogens is 1. The molecule has 2 heterocycles. The van der Waals surface area contributed by atoms with E-state index >= 15 is 0 Å². The number of hydrogen-bond donors (Lipinski definition) is 1. The predicted molar refractivity (Wildman–Crippen MR) is 118 cm³/mol. The Labute approximate surface area is 179 Å². The molecule has 0 unspecified atom stereocenters. The van der Waals surface area contributed by atoms with E-state index in [9.17, 15) is 9.18 Å². The largest absolute Gasteiger partial charge is 0.348 e. The first-order valence-corrected chi connectivity index (χ1v) is 11.0. The molecule has 4 nitrogen and oxygen atoms in total. The van der Waals surface area contributed by atoms with E-state index in [-0.39, 0.29) is 23.2 Å². The molecule has 30 heavy (non-hydrogen) atoms. The van der Waals surface area contributed by atoms with Gasteiger partial charge in [-0.05, 0) is 61.1 Å². The van der Waals surface area contributed by atoms with Crippen LogP contribution in [0.1, 0.15) is 70.2 Å². The van der Waals surface area contributed by atoms with Gasteiger partial charge in [-0.3, -0.25) is 14.7 Å². The molecule has 1 amide bonds. The maximum atomic E-state index is 13.7. The van der Waals surface area contributed by atoms with E-state index in [1.165, 1.54) is 12.5 Å². The molecule has 0 saturated carbocycles. The fourth-order valence-corrected chi connectivity index (χ4v) is 4.24. The van der Waals surface area contributed by atoms with Gasteiger partial charge in [0.1, 0.15) is 5.82 Å². The fraction of sp³-hybridized carbons (Fsp3) is 0.520. The van der Waals surface area contributed by atoms with Gasteiger partial charge in [-0.15, -0.1) is 0 Å². The van der Waals surface area contributed by atoms with E-state index < -0.39 is 0 Å². The minimum absolute atomic E-state index is 0.0608. The van der Waals surface area contributed by atoms with Gasteiger partial charge in [0.05, 0.1) is 11.7 Å². The van der Waals surface area contributed by atoms with Crippen molar-refractivity contribution < 1.29 is 9.18 Å². The summed E-state index contributed by atoms with van der Waals surface area (Å²) in [5.74, 6) is -0.132. The second-order valence-corrected chi connectivity index (χ2v) is 9.60. The molecule has 0 spiro atoms.